The van der Waals surface area contributed by atoms with Gasteiger partial charge in [0.2, 0.25) is 0 Å². The van der Waals surface area contributed by atoms with Gasteiger partial charge in [-0.25, -0.2) is 8.42 Å². The summed E-state index contributed by atoms with van der Waals surface area (Å²) in [5, 5.41) is 0. The van der Waals surface area contributed by atoms with Crippen LogP contribution in [0.3, 0.4) is 0 Å². The number of nitrogens with one attached hydrogen (secondary N) is 1. The van der Waals surface area contributed by atoms with Gasteiger partial charge in [0.05, 0.1) is 10.6 Å². The molecule has 0 bridgehead atoms. The largest absolute Gasteiger partial charge is 0.279 e. The zero-order valence-electron chi connectivity index (χ0n) is 12.8. The second-order valence-corrected chi connectivity index (χ2v) is 7.26. The molecule has 21 heavy (non-hydrogen) atoms. The topological polar surface area (TPSA) is 46.2 Å². The van der Waals surface area contributed by atoms with E-state index in [0.717, 1.165) is 16.7 Å². The Hall–Kier alpha value is -1.81. The Labute approximate surface area is 127 Å². The van der Waals surface area contributed by atoms with E-state index in [9.17, 15) is 8.42 Å². The Morgan fingerprint density at radius 2 is 1.57 bits per heavy atom. The van der Waals surface area contributed by atoms with Gasteiger partial charge in [-0.2, -0.15) is 0 Å². The minimum Gasteiger partial charge on any atom is -0.279 e. The number of aryl methyl sites for hydroxylation is 1. The molecule has 0 heterocycles. The lowest BCUT2D eigenvalue weighted by Crippen LogP contribution is -2.14. The molecule has 0 saturated heterocycles. The van der Waals surface area contributed by atoms with E-state index in [4.69, 9.17) is 0 Å². The van der Waals surface area contributed by atoms with Crippen LogP contribution in [-0.2, 0) is 10.0 Å². The molecule has 2 rings (SSSR count). The monoisotopic (exact) mass is 303 g/mol. The summed E-state index contributed by atoms with van der Waals surface area (Å²) in [6.45, 7) is 8.04. The van der Waals surface area contributed by atoms with Crippen LogP contribution >= 0.6 is 0 Å². The van der Waals surface area contributed by atoms with E-state index in [1.165, 1.54) is 0 Å². The number of rotatable bonds is 4. The number of hydrogen-bond acceptors (Lipinski definition) is 2. The summed E-state index contributed by atoms with van der Waals surface area (Å²) in [5.41, 5.74) is 3.76. The van der Waals surface area contributed by atoms with Gasteiger partial charge in [0.1, 0.15) is 0 Å². The molecule has 0 amide bonds. The van der Waals surface area contributed by atoms with Crippen molar-refractivity contribution in [2.45, 2.75) is 38.5 Å². The van der Waals surface area contributed by atoms with Crippen molar-refractivity contribution in [1.82, 2.24) is 0 Å². The highest BCUT2D eigenvalue weighted by molar-refractivity contribution is 7.92. The average Bonchev–Trinajstić information content (AvgIpc) is 2.44. The van der Waals surface area contributed by atoms with E-state index in [1.807, 2.05) is 38.1 Å². The minimum atomic E-state index is -3.55. The zero-order chi connectivity index (χ0) is 15.6. The molecule has 112 valence electrons. The summed E-state index contributed by atoms with van der Waals surface area (Å²) >= 11 is 0. The highest BCUT2D eigenvalue weighted by atomic mass is 32.2. The van der Waals surface area contributed by atoms with Crippen molar-refractivity contribution in [2.24, 2.45) is 0 Å². The second kappa shape index (κ2) is 5.90. The molecule has 0 spiro atoms. The Morgan fingerprint density at radius 3 is 2.14 bits per heavy atom. The molecule has 0 aliphatic heterocycles. The first-order valence-electron chi connectivity index (χ1n) is 7.00. The van der Waals surface area contributed by atoms with Gasteiger partial charge >= 0.3 is 0 Å². The number of anilines is 1. The lowest BCUT2D eigenvalue weighted by atomic mass is 10.0. The molecule has 0 aliphatic rings. The number of hydrogen-bond donors (Lipinski definition) is 1. The highest BCUT2D eigenvalue weighted by Gasteiger charge is 2.15. The minimum absolute atomic E-state index is 0.285. The molecule has 0 radical (unpaired) electrons. The summed E-state index contributed by atoms with van der Waals surface area (Å²) in [5.74, 6) is 0.383. The predicted molar refractivity (Wildman–Crippen MR) is 87.3 cm³/mol. The van der Waals surface area contributed by atoms with Crippen LogP contribution in [0.2, 0.25) is 0 Å². The van der Waals surface area contributed by atoms with E-state index in [2.05, 4.69) is 18.6 Å². The summed E-state index contributed by atoms with van der Waals surface area (Å²) < 4.78 is 27.5. The van der Waals surface area contributed by atoms with E-state index in [-0.39, 0.29) is 4.90 Å². The molecule has 0 saturated carbocycles. The van der Waals surface area contributed by atoms with Crippen molar-refractivity contribution in [2.75, 3.05) is 4.72 Å². The fraction of sp³-hybridized carbons (Fsp3) is 0.294. The van der Waals surface area contributed by atoms with Crippen molar-refractivity contribution < 1.29 is 8.42 Å². The van der Waals surface area contributed by atoms with Crippen LogP contribution in [-0.4, -0.2) is 8.42 Å². The third kappa shape index (κ3) is 3.45. The second-order valence-electron chi connectivity index (χ2n) is 5.58. The molecule has 0 fully saturated rings. The Morgan fingerprint density at radius 1 is 0.952 bits per heavy atom. The van der Waals surface area contributed by atoms with Crippen LogP contribution in [0.25, 0.3) is 0 Å². The molecule has 1 N–H and O–H groups in total. The van der Waals surface area contributed by atoms with Crippen molar-refractivity contribution in [3.8, 4) is 0 Å². The fourth-order valence-electron chi connectivity index (χ4n) is 2.10. The molecule has 0 aliphatic carbocycles. The normalized spacial score (nSPS) is 11.7. The van der Waals surface area contributed by atoms with Crippen molar-refractivity contribution in [1.29, 1.82) is 0 Å². The van der Waals surface area contributed by atoms with Gasteiger partial charge in [0.15, 0.2) is 0 Å². The van der Waals surface area contributed by atoms with Gasteiger partial charge in [-0.05, 0) is 54.7 Å². The van der Waals surface area contributed by atoms with Crippen LogP contribution in [0.5, 0.6) is 0 Å². The first kappa shape index (κ1) is 15.6. The molecular weight excluding hydrogens is 282 g/mol. The maximum absolute atomic E-state index is 12.4. The molecule has 3 nitrogen and oxygen atoms in total. The van der Waals surface area contributed by atoms with Gasteiger partial charge in [0.25, 0.3) is 10.0 Å². The maximum atomic E-state index is 12.4. The van der Waals surface area contributed by atoms with E-state index >= 15 is 0 Å². The van der Waals surface area contributed by atoms with Crippen molar-refractivity contribution in [3.63, 3.8) is 0 Å². The van der Waals surface area contributed by atoms with Crippen LogP contribution in [0.4, 0.5) is 5.69 Å². The third-order valence-corrected chi connectivity index (χ3v) is 5.09. The SMILES string of the molecule is Cc1cccc(NS(=O)(=O)c2ccc(C(C)C)cc2)c1C. The van der Waals surface area contributed by atoms with Gasteiger partial charge in [-0.3, -0.25) is 4.72 Å². The van der Waals surface area contributed by atoms with E-state index in [1.54, 1.807) is 18.2 Å². The lowest BCUT2D eigenvalue weighted by Gasteiger charge is -2.13. The Kier molecular flexibility index (Phi) is 4.37. The first-order valence-corrected chi connectivity index (χ1v) is 8.48. The molecule has 2 aromatic rings. The molecule has 0 atom stereocenters. The highest BCUT2D eigenvalue weighted by Crippen LogP contribution is 2.23. The van der Waals surface area contributed by atoms with Gasteiger partial charge in [-0.1, -0.05) is 38.1 Å². The first-order chi connectivity index (χ1) is 9.81. The number of sulfonamides is 1. The molecule has 4 heteroatoms. The van der Waals surface area contributed by atoms with Crippen LogP contribution < -0.4 is 4.72 Å². The summed E-state index contributed by atoms with van der Waals surface area (Å²) in [7, 11) is -3.55. The van der Waals surface area contributed by atoms with Gasteiger partial charge in [-0.15, -0.1) is 0 Å². The maximum Gasteiger partial charge on any atom is 0.261 e. The fourth-order valence-corrected chi connectivity index (χ4v) is 3.22. The molecule has 2 aromatic carbocycles. The summed E-state index contributed by atoms with van der Waals surface area (Å²) in [4.78, 5) is 0.285. The van der Waals surface area contributed by atoms with Crippen LogP contribution in [0, 0.1) is 13.8 Å². The Balaban J connectivity index is 2.32. The zero-order valence-corrected chi connectivity index (χ0v) is 13.7. The smallest absolute Gasteiger partial charge is 0.261 e. The van der Waals surface area contributed by atoms with Crippen molar-refractivity contribution in [3.05, 3.63) is 59.2 Å². The van der Waals surface area contributed by atoms with Crippen LogP contribution in [0.15, 0.2) is 47.4 Å². The average molecular weight is 303 g/mol. The molecule has 0 unspecified atom stereocenters. The summed E-state index contributed by atoms with van der Waals surface area (Å²) in [6, 6.07) is 12.6. The number of benzene rings is 2. The van der Waals surface area contributed by atoms with Gasteiger partial charge in [0, 0.05) is 0 Å². The molecular formula is C17H21NO2S. The quantitative estimate of drug-likeness (QED) is 0.919. The van der Waals surface area contributed by atoms with E-state index in [0.29, 0.717) is 11.6 Å². The van der Waals surface area contributed by atoms with Crippen molar-refractivity contribution >= 4 is 15.7 Å². The standard InChI is InChI=1S/C17H21NO2S/c1-12(2)15-8-10-16(11-9-15)21(19,20)18-17-7-5-6-13(3)14(17)4/h5-12,18H,1-4H3. The predicted octanol–water partition coefficient (Wildman–Crippen LogP) is 4.23. The Bertz CT molecular complexity index is 732. The van der Waals surface area contributed by atoms with Crippen LogP contribution in [0.1, 0.15) is 36.5 Å². The summed E-state index contributed by atoms with van der Waals surface area (Å²) in [6.07, 6.45) is 0. The lowest BCUT2D eigenvalue weighted by molar-refractivity contribution is 0.601. The van der Waals surface area contributed by atoms with E-state index < -0.39 is 10.0 Å². The van der Waals surface area contributed by atoms with Gasteiger partial charge < -0.3 is 0 Å². The third-order valence-electron chi connectivity index (χ3n) is 3.71. The molecule has 0 aromatic heterocycles.